The first kappa shape index (κ1) is 12.4. The van der Waals surface area contributed by atoms with Crippen LogP contribution in [0.25, 0.3) is 0 Å². The van der Waals surface area contributed by atoms with Crippen molar-refractivity contribution in [3.63, 3.8) is 0 Å². The Hall–Kier alpha value is -1.06. The van der Waals surface area contributed by atoms with Gasteiger partial charge in [-0.3, -0.25) is 4.79 Å². The van der Waals surface area contributed by atoms with Gasteiger partial charge in [0.25, 0.3) is 0 Å². The van der Waals surface area contributed by atoms with E-state index in [4.69, 9.17) is 21.1 Å². The number of rotatable bonds is 4. The molecule has 2 atom stereocenters. The van der Waals surface area contributed by atoms with Crippen LogP contribution in [-0.4, -0.2) is 24.6 Å². The first-order valence-corrected chi connectivity index (χ1v) is 6.06. The highest BCUT2D eigenvalue weighted by atomic mass is 35.5. The largest absolute Gasteiger partial charge is 0.486 e. The summed E-state index contributed by atoms with van der Waals surface area (Å²) < 4.78 is 11.1. The summed E-state index contributed by atoms with van der Waals surface area (Å²) in [7, 11) is 0. The summed E-state index contributed by atoms with van der Waals surface area (Å²) in [4.78, 5) is 11.3. The molecule has 4 heteroatoms. The molecule has 1 saturated carbocycles. The van der Waals surface area contributed by atoms with E-state index in [1.54, 1.807) is 6.07 Å². The Kier molecular flexibility index (Phi) is 3.69. The number of hydrogen-bond donors (Lipinski definition) is 0. The third-order valence-corrected chi connectivity index (χ3v) is 3.05. The van der Waals surface area contributed by atoms with Gasteiger partial charge < -0.3 is 9.47 Å². The number of halogens is 1. The second-order valence-electron chi connectivity index (χ2n) is 4.11. The monoisotopic (exact) mass is 254 g/mol. The molecule has 0 aliphatic heterocycles. The van der Waals surface area contributed by atoms with Crippen molar-refractivity contribution >= 4 is 17.4 Å². The average molecular weight is 255 g/mol. The van der Waals surface area contributed by atoms with Gasteiger partial charge in [0.05, 0.1) is 0 Å². The number of Topliss-reactive ketones (excluding diaryl/α,β-unsaturated/α-hetero) is 1. The smallest absolute Gasteiger partial charge is 0.169 e. The molecule has 2 unspecified atom stereocenters. The first-order valence-electron chi connectivity index (χ1n) is 5.69. The third kappa shape index (κ3) is 2.61. The Bertz CT molecular complexity index is 431. The minimum atomic E-state index is -0.407. The van der Waals surface area contributed by atoms with Crippen molar-refractivity contribution in [2.75, 3.05) is 6.61 Å². The zero-order chi connectivity index (χ0) is 12.4. The number of aryl methyl sites for hydroxylation is 1. The highest BCUT2D eigenvalue weighted by Crippen LogP contribution is 2.29. The number of benzene rings is 1. The molecular weight excluding hydrogens is 240 g/mol. The lowest BCUT2D eigenvalue weighted by Gasteiger charge is -2.34. The summed E-state index contributed by atoms with van der Waals surface area (Å²) in [6, 6.07) is 5.44. The molecule has 1 aromatic carbocycles. The van der Waals surface area contributed by atoms with Gasteiger partial charge in [-0.15, -0.1) is 0 Å². The Morgan fingerprint density at radius 2 is 2.24 bits per heavy atom. The van der Waals surface area contributed by atoms with Gasteiger partial charge in [-0.2, -0.15) is 0 Å². The van der Waals surface area contributed by atoms with E-state index in [9.17, 15) is 4.79 Å². The minimum Gasteiger partial charge on any atom is -0.486 e. The van der Waals surface area contributed by atoms with Crippen molar-refractivity contribution in [2.24, 2.45) is 0 Å². The molecule has 1 fully saturated rings. The molecule has 0 heterocycles. The molecule has 1 aliphatic rings. The summed E-state index contributed by atoms with van der Waals surface area (Å²) in [5.74, 6) is 0.875. The van der Waals surface area contributed by atoms with Crippen LogP contribution in [0.3, 0.4) is 0 Å². The van der Waals surface area contributed by atoms with Crippen LogP contribution >= 0.6 is 11.6 Å². The van der Waals surface area contributed by atoms with Gasteiger partial charge >= 0.3 is 0 Å². The van der Waals surface area contributed by atoms with Gasteiger partial charge in [-0.1, -0.05) is 11.6 Å². The second-order valence-corrected chi connectivity index (χ2v) is 4.55. The molecule has 0 amide bonds. The number of carbonyl (C=O) groups excluding carboxylic acids is 1. The lowest BCUT2D eigenvalue weighted by Crippen LogP contribution is -2.52. The second kappa shape index (κ2) is 5.07. The maximum atomic E-state index is 11.3. The zero-order valence-electron chi connectivity index (χ0n) is 9.90. The molecule has 0 spiro atoms. The molecule has 1 aromatic rings. The van der Waals surface area contributed by atoms with E-state index in [1.807, 2.05) is 26.0 Å². The summed E-state index contributed by atoms with van der Waals surface area (Å²) >= 11 is 5.87. The summed E-state index contributed by atoms with van der Waals surface area (Å²) in [6.45, 7) is 4.32. The lowest BCUT2D eigenvalue weighted by molar-refractivity contribution is -0.154. The highest BCUT2D eigenvalue weighted by Gasteiger charge is 2.42. The van der Waals surface area contributed by atoms with Crippen LogP contribution in [0.4, 0.5) is 0 Å². The van der Waals surface area contributed by atoms with Crippen molar-refractivity contribution < 1.29 is 14.3 Å². The van der Waals surface area contributed by atoms with Crippen LogP contribution in [0.5, 0.6) is 5.75 Å². The van der Waals surface area contributed by atoms with E-state index in [2.05, 4.69) is 0 Å². The lowest BCUT2D eigenvalue weighted by atomic mass is 9.90. The molecule has 0 radical (unpaired) electrons. The molecule has 0 saturated heterocycles. The van der Waals surface area contributed by atoms with Gasteiger partial charge in [-0.05, 0) is 37.6 Å². The maximum Gasteiger partial charge on any atom is 0.169 e. The van der Waals surface area contributed by atoms with Gasteiger partial charge in [-0.25, -0.2) is 0 Å². The Morgan fingerprint density at radius 3 is 2.82 bits per heavy atom. The molecule has 17 heavy (non-hydrogen) atoms. The summed E-state index contributed by atoms with van der Waals surface area (Å²) in [5.41, 5.74) is 0.965. The third-order valence-electron chi connectivity index (χ3n) is 2.82. The fourth-order valence-electron chi connectivity index (χ4n) is 1.86. The van der Waals surface area contributed by atoms with E-state index >= 15 is 0 Å². The topological polar surface area (TPSA) is 35.5 Å². The standard InChI is InChI=1S/C13H15ClO3/c1-3-16-13-10(15)7-12(13)17-11-5-4-9(14)6-8(11)2/h4-6,12-13H,3,7H2,1-2H3. The maximum absolute atomic E-state index is 11.3. The SMILES string of the molecule is CCOC1C(=O)CC1Oc1ccc(Cl)cc1C. The Labute approximate surface area is 106 Å². The molecule has 0 bridgehead atoms. The van der Waals surface area contributed by atoms with Crippen molar-refractivity contribution in [1.82, 2.24) is 0 Å². The van der Waals surface area contributed by atoms with E-state index < -0.39 is 6.10 Å². The Morgan fingerprint density at radius 1 is 1.47 bits per heavy atom. The molecule has 92 valence electrons. The van der Waals surface area contributed by atoms with Gasteiger partial charge in [0, 0.05) is 18.1 Å². The predicted octanol–water partition coefficient (Wildman–Crippen LogP) is 2.77. The van der Waals surface area contributed by atoms with Crippen LogP contribution in [0.1, 0.15) is 18.9 Å². The van der Waals surface area contributed by atoms with E-state index in [-0.39, 0.29) is 11.9 Å². The number of carbonyl (C=O) groups is 1. The Balaban J connectivity index is 2.04. The van der Waals surface area contributed by atoms with E-state index in [0.717, 1.165) is 11.3 Å². The van der Waals surface area contributed by atoms with Crippen molar-refractivity contribution in [3.8, 4) is 5.75 Å². The number of ketones is 1. The van der Waals surface area contributed by atoms with Gasteiger partial charge in [0.2, 0.25) is 0 Å². The van der Waals surface area contributed by atoms with Crippen LogP contribution in [-0.2, 0) is 9.53 Å². The van der Waals surface area contributed by atoms with Crippen LogP contribution < -0.4 is 4.74 Å². The average Bonchev–Trinajstić information content (AvgIpc) is 2.28. The zero-order valence-corrected chi connectivity index (χ0v) is 10.7. The molecule has 0 N–H and O–H groups in total. The molecule has 0 aromatic heterocycles. The van der Waals surface area contributed by atoms with Gasteiger partial charge in [0.15, 0.2) is 11.9 Å². The van der Waals surface area contributed by atoms with Gasteiger partial charge in [0.1, 0.15) is 11.9 Å². The van der Waals surface area contributed by atoms with Crippen molar-refractivity contribution in [3.05, 3.63) is 28.8 Å². The summed E-state index contributed by atoms with van der Waals surface area (Å²) in [6.07, 6.45) is -0.149. The summed E-state index contributed by atoms with van der Waals surface area (Å²) in [5, 5.41) is 0.681. The van der Waals surface area contributed by atoms with Crippen LogP contribution in [0.2, 0.25) is 5.02 Å². The molecule has 2 rings (SSSR count). The minimum absolute atomic E-state index is 0.114. The van der Waals surface area contributed by atoms with Crippen molar-refractivity contribution in [1.29, 1.82) is 0 Å². The fraction of sp³-hybridized carbons (Fsp3) is 0.462. The predicted molar refractivity (Wildman–Crippen MR) is 65.6 cm³/mol. The molecule has 3 nitrogen and oxygen atoms in total. The first-order chi connectivity index (χ1) is 8.11. The van der Waals surface area contributed by atoms with E-state index in [1.165, 1.54) is 0 Å². The normalized spacial score (nSPS) is 23.4. The van der Waals surface area contributed by atoms with Crippen LogP contribution in [0.15, 0.2) is 18.2 Å². The highest BCUT2D eigenvalue weighted by molar-refractivity contribution is 6.30. The quantitative estimate of drug-likeness (QED) is 0.829. The molecule has 1 aliphatic carbocycles. The fourth-order valence-corrected chi connectivity index (χ4v) is 2.09. The van der Waals surface area contributed by atoms with Crippen molar-refractivity contribution in [2.45, 2.75) is 32.5 Å². The number of ether oxygens (including phenoxy) is 2. The van der Waals surface area contributed by atoms with E-state index in [0.29, 0.717) is 18.1 Å². The molecular formula is C13H15ClO3. The van der Waals surface area contributed by atoms with Crippen LogP contribution in [0, 0.1) is 6.92 Å². The number of hydrogen-bond acceptors (Lipinski definition) is 3.